The summed E-state index contributed by atoms with van der Waals surface area (Å²) in [5.74, 6) is -3.43. The topological polar surface area (TPSA) is 112 Å². The number of alkyl halides is 3. The van der Waals surface area contributed by atoms with Crippen molar-refractivity contribution in [3.05, 3.63) is 46.7 Å². The number of rotatable bonds is 8. The summed E-state index contributed by atoms with van der Waals surface area (Å²) in [5.41, 5.74) is -4.83. The van der Waals surface area contributed by atoms with Gasteiger partial charge in [0.2, 0.25) is 5.88 Å². The molecule has 0 aliphatic heterocycles. The largest absolute Gasteiger partial charge is 0.462 e. The number of carbonyl (C=O) groups is 4. The van der Waals surface area contributed by atoms with Crippen molar-refractivity contribution in [3.8, 4) is 0 Å². The normalized spacial score (nSPS) is 11.1. The van der Waals surface area contributed by atoms with E-state index >= 15 is 0 Å². The molecule has 2 aromatic rings. The Morgan fingerprint density at radius 1 is 1.03 bits per heavy atom. The fraction of sp³-hybridized carbons (Fsp3) is 0.300. The minimum Gasteiger partial charge on any atom is -0.462 e. The van der Waals surface area contributed by atoms with Crippen LogP contribution in [0.4, 0.5) is 19.1 Å². The van der Waals surface area contributed by atoms with E-state index in [2.05, 4.69) is 5.32 Å². The maximum absolute atomic E-state index is 12.4. The Bertz CT molecular complexity index is 1030. The first-order valence-corrected chi connectivity index (χ1v) is 9.88. The summed E-state index contributed by atoms with van der Waals surface area (Å²) in [7, 11) is 0. The molecule has 0 radical (unpaired) electrons. The van der Waals surface area contributed by atoms with Crippen LogP contribution in [0.25, 0.3) is 0 Å². The monoisotopic (exact) mass is 473 g/mol. The second-order valence-electron chi connectivity index (χ2n) is 6.21. The number of thioether (sulfide) groups is 1. The van der Waals surface area contributed by atoms with Gasteiger partial charge in [0.25, 0.3) is 5.91 Å². The molecule has 0 saturated carbocycles. The van der Waals surface area contributed by atoms with Gasteiger partial charge in [-0.1, -0.05) is 0 Å². The summed E-state index contributed by atoms with van der Waals surface area (Å²) < 4.78 is 52.1. The molecule has 12 heteroatoms. The third-order valence-electron chi connectivity index (χ3n) is 3.83. The van der Waals surface area contributed by atoms with Gasteiger partial charge in [0.05, 0.1) is 17.7 Å². The van der Waals surface area contributed by atoms with E-state index in [4.69, 9.17) is 13.9 Å². The molecule has 0 aliphatic carbocycles. The molecule has 1 aromatic carbocycles. The van der Waals surface area contributed by atoms with Crippen LogP contribution in [0.1, 0.15) is 50.7 Å². The molecule has 32 heavy (non-hydrogen) atoms. The molecule has 0 aliphatic rings. The minimum atomic E-state index is -4.46. The van der Waals surface area contributed by atoms with E-state index in [1.807, 2.05) is 0 Å². The van der Waals surface area contributed by atoms with Crippen molar-refractivity contribution in [3.63, 3.8) is 0 Å². The Kier molecular flexibility index (Phi) is 8.08. The van der Waals surface area contributed by atoms with Crippen LogP contribution >= 0.6 is 11.8 Å². The third-order valence-corrected chi connectivity index (χ3v) is 4.57. The number of carbonyl (C=O) groups excluding carboxylic acids is 4. The van der Waals surface area contributed by atoms with E-state index in [1.165, 1.54) is 13.8 Å². The molecule has 0 fully saturated rings. The van der Waals surface area contributed by atoms with Crippen LogP contribution < -0.4 is 5.32 Å². The van der Waals surface area contributed by atoms with Crippen LogP contribution in [0, 0.1) is 6.92 Å². The molecule has 0 atom stereocenters. The van der Waals surface area contributed by atoms with Crippen molar-refractivity contribution in [1.29, 1.82) is 0 Å². The highest BCUT2D eigenvalue weighted by atomic mass is 32.2. The first-order valence-electron chi connectivity index (χ1n) is 9.07. The Hall–Kier alpha value is -3.28. The molecule has 1 N–H and O–H groups in total. The lowest BCUT2D eigenvalue weighted by Gasteiger charge is -2.08. The molecule has 1 amide bonds. The van der Waals surface area contributed by atoms with Gasteiger partial charge in [-0.05, 0) is 56.8 Å². The van der Waals surface area contributed by atoms with E-state index in [1.54, 1.807) is 6.92 Å². The van der Waals surface area contributed by atoms with Crippen molar-refractivity contribution in [2.24, 2.45) is 0 Å². The maximum Gasteiger partial charge on any atom is 0.446 e. The molecule has 8 nitrogen and oxygen atoms in total. The highest BCUT2D eigenvalue weighted by Crippen LogP contribution is 2.36. The fourth-order valence-corrected chi connectivity index (χ4v) is 3.16. The van der Waals surface area contributed by atoms with Crippen LogP contribution in [0.15, 0.2) is 33.6 Å². The van der Waals surface area contributed by atoms with E-state index in [0.717, 1.165) is 24.3 Å². The molecule has 0 saturated heterocycles. The first-order chi connectivity index (χ1) is 14.9. The zero-order chi connectivity index (χ0) is 24.1. The summed E-state index contributed by atoms with van der Waals surface area (Å²) in [4.78, 5) is 48.1. The highest BCUT2D eigenvalue weighted by molar-refractivity contribution is 8.00. The standard InChI is InChI=1S/C20H18F3NO7S/c1-4-29-19(28)16-15(10(2)25)11(3)31-17(16)24-14(26)9-30-18(27)12-5-7-13(8-6-12)32-20(21,22)23/h5-8H,4,9H2,1-3H3,(H,24,26). The predicted molar refractivity (Wildman–Crippen MR) is 107 cm³/mol. The fourth-order valence-electron chi connectivity index (χ4n) is 2.62. The van der Waals surface area contributed by atoms with Gasteiger partial charge in [0.15, 0.2) is 12.4 Å². The van der Waals surface area contributed by atoms with Crippen LogP contribution in [-0.2, 0) is 14.3 Å². The predicted octanol–water partition coefficient (Wildman–Crippen LogP) is 4.37. The third kappa shape index (κ3) is 6.61. The molecule has 2 rings (SSSR count). The van der Waals surface area contributed by atoms with Crippen LogP contribution in [-0.4, -0.2) is 42.4 Å². The molecule has 1 aromatic heterocycles. The summed E-state index contributed by atoms with van der Waals surface area (Å²) in [6.07, 6.45) is 0. The number of benzene rings is 1. The van der Waals surface area contributed by atoms with Crippen molar-refractivity contribution in [2.45, 2.75) is 31.2 Å². The highest BCUT2D eigenvalue weighted by Gasteiger charge is 2.30. The average molecular weight is 473 g/mol. The molecule has 172 valence electrons. The maximum atomic E-state index is 12.4. The number of nitrogens with one attached hydrogen (secondary N) is 1. The van der Waals surface area contributed by atoms with Gasteiger partial charge in [0, 0.05) is 4.90 Å². The van der Waals surface area contributed by atoms with Gasteiger partial charge in [-0.15, -0.1) is 0 Å². The number of hydrogen-bond acceptors (Lipinski definition) is 8. The number of aryl methyl sites for hydroxylation is 1. The second-order valence-corrected chi connectivity index (χ2v) is 7.35. The zero-order valence-corrected chi connectivity index (χ0v) is 17.9. The van der Waals surface area contributed by atoms with Gasteiger partial charge in [-0.25, -0.2) is 9.59 Å². The van der Waals surface area contributed by atoms with Crippen LogP contribution in [0.2, 0.25) is 0 Å². The number of halogens is 3. The summed E-state index contributed by atoms with van der Waals surface area (Å²) in [6.45, 7) is 3.44. The quantitative estimate of drug-likeness (QED) is 0.342. The summed E-state index contributed by atoms with van der Waals surface area (Å²) in [6, 6.07) is 4.44. The molecule has 0 unspecified atom stereocenters. The Balaban J connectivity index is 2.05. The zero-order valence-electron chi connectivity index (χ0n) is 17.1. The van der Waals surface area contributed by atoms with Crippen molar-refractivity contribution in [2.75, 3.05) is 18.5 Å². The lowest BCUT2D eigenvalue weighted by Crippen LogP contribution is -2.22. The number of hydrogen-bond donors (Lipinski definition) is 1. The average Bonchev–Trinajstić information content (AvgIpc) is 3.01. The lowest BCUT2D eigenvalue weighted by atomic mass is 10.1. The van der Waals surface area contributed by atoms with E-state index in [0.29, 0.717) is 0 Å². The Morgan fingerprint density at radius 2 is 1.66 bits per heavy atom. The van der Waals surface area contributed by atoms with E-state index < -0.39 is 35.7 Å². The van der Waals surface area contributed by atoms with Crippen molar-refractivity contribution >= 4 is 41.3 Å². The van der Waals surface area contributed by atoms with Gasteiger partial charge in [0.1, 0.15) is 11.3 Å². The second kappa shape index (κ2) is 10.4. The number of amides is 1. The molecular weight excluding hydrogens is 455 g/mol. The lowest BCUT2D eigenvalue weighted by molar-refractivity contribution is -0.119. The molecule has 1 heterocycles. The smallest absolute Gasteiger partial charge is 0.446 e. The Labute approximate surface area is 184 Å². The summed E-state index contributed by atoms with van der Waals surface area (Å²) in [5, 5.41) is 2.24. The van der Waals surface area contributed by atoms with Gasteiger partial charge in [-0.2, -0.15) is 13.2 Å². The Morgan fingerprint density at radius 3 is 2.19 bits per heavy atom. The SMILES string of the molecule is CCOC(=O)c1c(NC(=O)COC(=O)c2ccc(SC(F)(F)F)cc2)oc(C)c1C(C)=O. The van der Waals surface area contributed by atoms with E-state index in [-0.39, 0.29) is 51.6 Å². The first kappa shape index (κ1) is 25.0. The molecular formula is C20H18F3NO7S. The van der Waals surface area contributed by atoms with Crippen molar-refractivity contribution in [1.82, 2.24) is 0 Å². The van der Waals surface area contributed by atoms with Crippen LogP contribution in [0.5, 0.6) is 0 Å². The van der Waals surface area contributed by atoms with Gasteiger partial charge >= 0.3 is 17.4 Å². The van der Waals surface area contributed by atoms with Crippen molar-refractivity contribution < 1.29 is 46.2 Å². The molecule has 0 bridgehead atoms. The number of esters is 2. The van der Waals surface area contributed by atoms with Gasteiger partial charge in [-0.3, -0.25) is 14.9 Å². The van der Waals surface area contributed by atoms with Crippen LogP contribution in [0.3, 0.4) is 0 Å². The van der Waals surface area contributed by atoms with E-state index in [9.17, 15) is 32.3 Å². The number of Topliss-reactive ketones (excluding diaryl/α,β-unsaturated/α-hetero) is 1. The summed E-state index contributed by atoms with van der Waals surface area (Å²) >= 11 is -0.336. The minimum absolute atomic E-state index is 0.0195. The number of ether oxygens (including phenoxy) is 2. The van der Waals surface area contributed by atoms with Gasteiger partial charge < -0.3 is 13.9 Å². The number of furan rings is 1. The number of anilines is 1. The molecule has 0 spiro atoms. The number of ketones is 1.